The maximum atomic E-state index is 12.4. The van der Waals surface area contributed by atoms with Gasteiger partial charge in [0.05, 0.1) is 17.0 Å². The van der Waals surface area contributed by atoms with Crippen molar-refractivity contribution in [3.8, 4) is 0 Å². The molecule has 0 bridgehead atoms. The zero-order chi connectivity index (χ0) is 20.1. The second kappa shape index (κ2) is 8.45. The minimum atomic E-state index is -3.62. The molecule has 0 unspecified atom stereocenters. The van der Waals surface area contributed by atoms with E-state index in [1.54, 1.807) is 25.2 Å². The summed E-state index contributed by atoms with van der Waals surface area (Å²) in [5.41, 5.74) is 1.69. The van der Waals surface area contributed by atoms with Gasteiger partial charge in [-0.3, -0.25) is 4.79 Å². The molecule has 2 aromatic carbocycles. The van der Waals surface area contributed by atoms with E-state index in [0.717, 1.165) is 16.6 Å². The van der Waals surface area contributed by atoms with Crippen LogP contribution >= 0.6 is 0 Å². The lowest BCUT2D eigenvalue weighted by Crippen LogP contribution is -2.32. The van der Waals surface area contributed by atoms with Crippen LogP contribution in [-0.2, 0) is 21.4 Å². The molecule has 1 aromatic heterocycles. The highest BCUT2D eigenvalue weighted by Crippen LogP contribution is 2.15. The second-order valence-corrected chi connectivity index (χ2v) is 8.22. The van der Waals surface area contributed by atoms with Gasteiger partial charge in [-0.15, -0.1) is 0 Å². The summed E-state index contributed by atoms with van der Waals surface area (Å²) in [5.74, 6) is 0.363. The Morgan fingerprint density at radius 2 is 1.71 bits per heavy atom. The number of benzene rings is 2. The van der Waals surface area contributed by atoms with Gasteiger partial charge in [-0.1, -0.05) is 36.4 Å². The van der Waals surface area contributed by atoms with Crippen LogP contribution in [0.3, 0.4) is 0 Å². The van der Waals surface area contributed by atoms with Gasteiger partial charge in [0.15, 0.2) is 0 Å². The Morgan fingerprint density at radius 1 is 1.04 bits per heavy atom. The molecule has 0 aliphatic rings. The van der Waals surface area contributed by atoms with E-state index in [4.69, 9.17) is 0 Å². The van der Waals surface area contributed by atoms with Crippen molar-refractivity contribution in [2.75, 3.05) is 13.6 Å². The van der Waals surface area contributed by atoms with Gasteiger partial charge in [-0.05, 0) is 25.1 Å². The largest absolute Gasteiger partial charge is 0.338 e. The van der Waals surface area contributed by atoms with Crippen molar-refractivity contribution in [3.05, 3.63) is 66.1 Å². The monoisotopic (exact) mass is 398 g/mol. The zero-order valence-electron chi connectivity index (χ0n) is 15.8. The maximum Gasteiger partial charge on any atom is 0.240 e. The van der Waals surface area contributed by atoms with Crippen LogP contribution in [0.4, 0.5) is 0 Å². The van der Waals surface area contributed by atoms with Gasteiger partial charge >= 0.3 is 0 Å². The third-order valence-electron chi connectivity index (χ3n) is 4.33. The number of hydrogen-bond donors (Lipinski definition) is 1. The van der Waals surface area contributed by atoms with Gasteiger partial charge in [0.2, 0.25) is 15.9 Å². The third kappa shape index (κ3) is 4.71. The van der Waals surface area contributed by atoms with Gasteiger partial charge in [-0.25, -0.2) is 23.1 Å². The summed E-state index contributed by atoms with van der Waals surface area (Å²) in [6.45, 7) is 2.20. The van der Waals surface area contributed by atoms with Crippen molar-refractivity contribution < 1.29 is 13.2 Å². The number of carbonyl (C=O) groups is 1. The first kappa shape index (κ1) is 19.9. The van der Waals surface area contributed by atoms with Gasteiger partial charge in [-0.2, -0.15) is 0 Å². The van der Waals surface area contributed by atoms with Crippen molar-refractivity contribution in [2.24, 2.45) is 0 Å². The minimum Gasteiger partial charge on any atom is -0.338 e. The molecule has 0 aliphatic carbocycles. The van der Waals surface area contributed by atoms with Crippen molar-refractivity contribution in [1.82, 2.24) is 19.6 Å². The first-order chi connectivity index (χ1) is 13.4. The van der Waals surface area contributed by atoms with E-state index in [-0.39, 0.29) is 30.3 Å². The van der Waals surface area contributed by atoms with Crippen LogP contribution in [0.15, 0.2) is 59.5 Å². The molecule has 8 heteroatoms. The molecule has 1 amide bonds. The lowest BCUT2D eigenvalue weighted by atomic mass is 10.2. The van der Waals surface area contributed by atoms with Crippen LogP contribution in [0.2, 0.25) is 0 Å². The molecule has 146 valence electrons. The van der Waals surface area contributed by atoms with E-state index in [2.05, 4.69) is 14.7 Å². The number of para-hydroxylation sites is 1. The van der Waals surface area contributed by atoms with Crippen molar-refractivity contribution >= 4 is 26.8 Å². The average Bonchev–Trinajstić information content (AvgIpc) is 2.68. The SMILES string of the molecule is Cc1nc(CN(C)C(=O)CCNS(=O)(=O)c2ccccc2)nc2ccccc12. The molecule has 3 aromatic rings. The fourth-order valence-electron chi connectivity index (χ4n) is 2.83. The fraction of sp³-hybridized carbons (Fsp3) is 0.250. The minimum absolute atomic E-state index is 0.0258. The molecule has 0 spiro atoms. The highest BCUT2D eigenvalue weighted by Gasteiger charge is 2.16. The number of amides is 1. The maximum absolute atomic E-state index is 12.4. The normalized spacial score (nSPS) is 11.5. The number of carbonyl (C=O) groups excluding carboxylic acids is 1. The van der Waals surface area contributed by atoms with Gasteiger partial charge < -0.3 is 4.90 Å². The van der Waals surface area contributed by atoms with Gasteiger partial charge in [0.1, 0.15) is 5.82 Å². The number of sulfonamides is 1. The van der Waals surface area contributed by atoms with Crippen molar-refractivity contribution in [1.29, 1.82) is 0 Å². The van der Waals surface area contributed by atoms with Crippen LogP contribution in [-0.4, -0.2) is 42.8 Å². The molecule has 7 nitrogen and oxygen atoms in total. The highest BCUT2D eigenvalue weighted by atomic mass is 32.2. The van der Waals surface area contributed by atoms with Crippen LogP contribution in [0.5, 0.6) is 0 Å². The summed E-state index contributed by atoms with van der Waals surface area (Å²) >= 11 is 0. The molecule has 3 rings (SSSR count). The van der Waals surface area contributed by atoms with Crippen LogP contribution in [0.25, 0.3) is 10.9 Å². The lowest BCUT2D eigenvalue weighted by molar-refractivity contribution is -0.130. The molecule has 1 N–H and O–H groups in total. The Kier molecular flexibility index (Phi) is 6.01. The molecule has 0 atom stereocenters. The number of aromatic nitrogens is 2. The number of hydrogen-bond acceptors (Lipinski definition) is 5. The molecular formula is C20H22N4O3S. The van der Waals surface area contributed by atoms with Gasteiger partial charge in [0.25, 0.3) is 0 Å². The lowest BCUT2D eigenvalue weighted by Gasteiger charge is -2.17. The Bertz CT molecular complexity index is 1090. The predicted octanol–water partition coefficient (Wildman–Crippen LogP) is 2.27. The molecule has 0 saturated carbocycles. The molecule has 0 radical (unpaired) electrons. The highest BCUT2D eigenvalue weighted by molar-refractivity contribution is 7.89. The summed E-state index contributed by atoms with van der Waals surface area (Å²) in [4.78, 5) is 23.0. The van der Waals surface area contributed by atoms with E-state index in [9.17, 15) is 13.2 Å². The van der Waals surface area contributed by atoms with Crippen molar-refractivity contribution in [3.63, 3.8) is 0 Å². The summed E-state index contributed by atoms with van der Waals surface area (Å²) in [5, 5.41) is 0.982. The third-order valence-corrected chi connectivity index (χ3v) is 5.81. The fourth-order valence-corrected chi connectivity index (χ4v) is 3.89. The Balaban J connectivity index is 1.58. The quantitative estimate of drug-likeness (QED) is 0.659. The number of fused-ring (bicyclic) bond motifs is 1. The first-order valence-electron chi connectivity index (χ1n) is 8.88. The van der Waals surface area contributed by atoms with Crippen molar-refractivity contribution in [2.45, 2.75) is 24.8 Å². The predicted molar refractivity (Wildman–Crippen MR) is 107 cm³/mol. The number of nitrogens with one attached hydrogen (secondary N) is 1. The summed E-state index contributed by atoms with van der Waals surface area (Å²) < 4.78 is 26.8. The molecule has 0 aliphatic heterocycles. The van der Waals surface area contributed by atoms with Crippen LogP contribution in [0.1, 0.15) is 17.9 Å². The van der Waals surface area contributed by atoms with E-state index < -0.39 is 10.0 Å². The van der Waals surface area contributed by atoms with E-state index in [0.29, 0.717) is 5.82 Å². The zero-order valence-corrected chi connectivity index (χ0v) is 16.6. The van der Waals surface area contributed by atoms with E-state index >= 15 is 0 Å². The smallest absolute Gasteiger partial charge is 0.240 e. The Morgan fingerprint density at radius 3 is 2.46 bits per heavy atom. The van der Waals surface area contributed by atoms with E-state index in [1.807, 2.05) is 31.2 Å². The van der Waals surface area contributed by atoms with E-state index in [1.165, 1.54) is 17.0 Å². The number of nitrogens with zero attached hydrogens (tertiary/aromatic N) is 3. The molecule has 0 fully saturated rings. The Labute approximate surface area is 164 Å². The average molecular weight is 398 g/mol. The van der Waals surface area contributed by atoms with Crippen LogP contribution in [0, 0.1) is 6.92 Å². The second-order valence-electron chi connectivity index (χ2n) is 6.45. The molecule has 28 heavy (non-hydrogen) atoms. The molecule has 0 saturated heterocycles. The first-order valence-corrected chi connectivity index (χ1v) is 10.4. The van der Waals surface area contributed by atoms with Crippen LogP contribution < -0.4 is 4.72 Å². The molecule has 1 heterocycles. The summed E-state index contributed by atoms with van der Waals surface area (Å²) in [6.07, 6.45) is 0.0507. The topological polar surface area (TPSA) is 92.3 Å². The number of aryl methyl sites for hydroxylation is 1. The Hall–Kier alpha value is -2.84. The van der Waals surface area contributed by atoms with Gasteiger partial charge in [0, 0.05) is 31.1 Å². The molecular weight excluding hydrogens is 376 g/mol. The number of rotatable bonds is 7. The standard InChI is InChI=1S/C20H22N4O3S/c1-15-17-10-6-7-11-18(17)23-19(22-15)14-24(2)20(25)12-13-21-28(26,27)16-8-4-3-5-9-16/h3-11,21H,12-14H2,1-2H3. The summed E-state index contributed by atoms with van der Waals surface area (Å²) in [7, 11) is -1.96. The summed E-state index contributed by atoms with van der Waals surface area (Å²) in [6, 6.07) is 15.8.